The molecule has 0 bridgehead atoms. The molecule has 1 heterocycles. The Morgan fingerprint density at radius 1 is 1.14 bits per heavy atom. The molecule has 3 rings (SSSR count). The van der Waals surface area contributed by atoms with Crippen molar-refractivity contribution in [3.8, 4) is 5.75 Å². The van der Waals surface area contributed by atoms with Gasteiger partial charge in [0.1, 0.15) is 5.75 Å². The first-order valence-electron chi connectivity index (χ1n) is 10.6. The second-order valence-electron chi connectivity index (χ2n) is 7.83. The molecule has 28 heavy (non-hydrogen) atoms. The molecule has 2 N–H and O–H groups in total. The lowest BCUT2D eigenvalue weighted by Gasteiger charge is -2.38. The summed E-state index contributed by atoms with van der Waals surface area (Å²) in [6.45, 7) is 3.39. The molecule has 1 aromatic rings. The minimum Gasteiger partial charge on any atom is -0.497 e. The van der Waals surface area contributed by atoms with Crippen LogP contribution < -0.4 is 15.4 Å². The number of aliphatic imine (C=N–C) groups is 1. The quantitative estimate of drug-likeness (QED) is 0.426. The maximum absolute atomic E-state index is 5.65. The molecule has 0 unspecified atom stereocenters. The average molecular weight is 386 g/mol. The highest BCUT2D eigenvalue weighted by Gasteiger charge is 2.34. The highest BCUT2D eigenvalue weighted by atomic mass is 16.5. The standard InChI is InChI=1S/C23H35N3O2/c1-24-22(25-15-12-19-6-4-3-5-7-19)26-18-23(13-16-28-17-14-23)20-8-10-21(27-2)11-9-20/h6,8-11H,3-5,7,12-18H2,1-2H3,(H2,24,25,26). The Hall–Kier alpha value is -2.01. The number of hydrogen-bond donors (Lipinski definition) is 2. The van der Waals surface area contributed by atoms with Gasteiger partial charge in [-0.05, 0) is 62.6 Å². The van der Waals surface area contributed by atoms with Crippen molar-refractivity contribution in [3.63, 3.8) is 0 Å². The van der Waals surface area contributed by atoms with Crippen molar-refractivity contribution in [3.05, 3.63) is 41.5 Å². The Morgan fingerprint density at radius 3 is 2.57 bits per heavy atom. The summed E-state index contributed by atoms with van der Waals surface area (Å²) < 4.78 is 11.0. The van der Waals surface area contributed by atoms with E-state index >= 15 is 0 Å². The Kier molecular flexibility index (Phi) is 7.78. The van der Waals surface area contributed by atoms with E-state index in [1.54, 1.807) is 12.7 Å². The topological polar surface area (TPSA) is 54.9 Å². The van der Waals surface area contributed by atoms with Crippen molar-refractivity contribution in [2.75, 3.05) is 40.5 Å². The predicted molar refractivity (Wildman–Crippen MR) is 115 cm³/mol. The zero-order valence-electron chi connectivity index (χ0n) is 17.4. The van der Waals surface area contributed by atoms with Crippen LogP contribution in [0.4, 0.5) is 0 Å². The van der Waals surface area contributed by atoms with Crippen LogP contribution in [0, 0.1) is 0 Å². The highest BCUT2D eigenvalue weighted by molar-refractivity contribution is 5.79. The number of nitrogens with zero attached hydrogens (tertiary/aromatic N) is 1. The van der Waals surface area contributed by atoms with Gasteiger partial charge in [-0.15, -0.1) is 0 Å². The third kappa shape index (κ3) is 5.51. The molecule has 0 aromatic heterocycles. The number of guanidine groups is 1. The van der Waals surface area contributed by atoms with Crippen molar-refractivity contribution >= 4 is 5.96 Å². The summed E-state index contributed by atoms with van der Waals surface area (Å²) in [5, 5.41) is 7.07. The second kappa shape index (κ2) is 10.5. The Bertz CT molecular complexity index is 661. The van der Waals surface area contributed by atoms with Gasteiger partial charge in [-0.2, -0.15) is 0 Å². The summed E-state index contributed by atoms with van der Waals surface area (Å²) in [7, 11) is 3.55. The van der Waals surface area contributed by atoms with E-state index in [4.69, 9.17) is 9.47 Å². The molecule has 0 atom stereocenters. The lowest BCUT2D eigenvalue weighted by molar-refractivity contribution is 0.0513. The smallest absolute Gasteiger partial charge is 0.191 e. The molecule has 2 aliphatic rings. The van der Waals surface area contributed by atoms with E-state index in [1.165, 1.54) is 31.2 Å². The molecule has 154 valence electrons. The third-order valence-electron chi connectivity index (χ3n) is 6.09. The Labute approximate surface area is 169 Å². The number of allylic oxidation sites excluding steroid dienone is 1. The van der Waals surface area contributed by atoms with Crippen LogP contribution in [0.3, 0.4) is 0 Å². The average Bonchev–Trinajstić information content (AvgIpc) is 2.77. The molecule has 5 nitrogen and oxygen atoms in total. The molecule has 1 aliphatic heterocycles. The normalized spacial score (nSPS) is 19.6. The SMILES string of the molecule is CN=C(NCCC1=CCCCC1)NCC1(c2ccc(OC)cc2)CCOCC1. The summed E-state index contributed by atoms with van der Waals surface area (Å²) >= 11 is 0. The lowest BCUT2D eigenvalue weighted by Crippen LogP contribution is -2.48. The van der Waals surface area contributed by atoms with E-state index in [0.29, 0.717) is 0 Å². The van der Waals surface area contributed by atoms with Crippen LogP contribution in [-0.4, -0.2) is 46.4 Å². The van der Waals surface area contributed by atoms with Gasteiger partial charge in [-0.25, -0.2) is 0 Å². The number of methoxy groups -OCH3 is 1. The van der Waals surface area contributed by atoms with Gasteiger partial charge in [0.25, 0.3) is 0 Å². The number of benzene rings is 1. The molecule has 1 fully saturated rings. The van der Waals surface area contributed by atoms with Crippen molar-refractivity contribution in [2.45, 2.75) is 50.4 Å². The summed E-state index contributed by atoms with van der Waals surface area (Å²) in [4.78, 5) is 4.43. The maximum atomic E-state index is 5.65. The molecule has 1 saturated heterocycles. The van der Waals surface area contributed by atoms with Crippen LogP contribution in [0.1, 0.15) is 50.5 Å². The van der Waals surface area contributed by atoms with Gasteiger partial charge in [-0.1, -0.05) is 23.8 Å². The monoisotopic (exact) mass is 385 g/mol. The highest BCUT2D eigenvalue weighted by Crippen LogP contribution is 2.35. The van der Waals surface area contributed by atoms with Gasteiger partial charge in [0, 0.05) is 38.8 Å². The van der Waals surface area contributed by atoms with Crippen molar-refractivity contribution in [2.24, 2.45) is 4.99 Å². The fourth-order valence-corrected chi connectivity index (χ4v) is 4.22. The van der Waals surface area contributed by atoms with Gasteiger partial charge in [-0.3, -0.25) is 4.99 Å². The fourth-order valence-electron chi connectivity index (χ4n) is 4.22. The van der Waals surface area contributed by atoms with E-state index in [2.05, 4.69) is 46.0 Å². The Morgan fingerprint density at radius 2 is 1.93 bits per heavy atom. The van der Waals surface area contributed by atoms with E-state index in [-0.39, 0.29) is 5.41 Å². The first-order chi connectivity index (χ1) is 13.8. The summed E-state index contributed by atoms with van der Waals surface area (Å²) in [5.74, 6) is 1.78. The molecule has 1 aromatic carbocycles. The van der Waals surface area contributed by atoms with Crippen molar-refractivity contribution in [1.82, 2.24) is 10.6 Å². The minimum absolute atomic E-state index is 0.0635. The molecule has 0 spiro atoms. The van der Waals surface area contributed by atoms with Gasteiger partial charge in [0.2, 0.25) is 0 Å². The van der Waals surface area contributed by atoms with Gasteiger partial charge < -0.3 is 20.1 Å². The zero-order chi connectivity index (χ0) is 19.7. The van der Waals surface area contributed by atoms with Crippen molar-refractivity contribution < 1.29 is 9.47 Å². The lowest BCUT2D eigenvalue weighted by atomic mass is 9.74. The van der Waals surface area contributed by atoms with Crippen LogP contribution >= 0.6 is 0 Å². The Balaban J connectivity index is 1.57. The minimum atomic E-state index is 0.0635. The number of rotatable bonds is 7. The molecule has 0 saturated carbocycles. The number of nitrogens with one attached hydrogen (secondary N) is 2. The first-order valence-corrected chi connectivity index (χ1v) is 10.6. The summed E-state index contributed by atoms with van der Waals surface area (Å²) in [5.41, 5.74) is 2.99. The van der Waals surface area contributed by atoms with Crippen LogP contribution in [-0.2, 0) is 10.2 Å². The number of hydrogen-bond acceptors (Lipinski definition) is 3. The molecule has 5 heteroatoms. The van der Waals surface area contributed by atoms with Crippen LogP contribution in [0.25, 0.3) is 0 Å². The van der Waals surface area contributed by atoms with Gasteiger partial charge in [0.15, 0.2) is 5.96 Å². The van der Waals surface area contributed by atoms with Crippen LogP contribution in [0.15, 0.2) is 40.9 Å². The van der Waals surface area contributed by atoms with E-state index < -0.39 is 0 Å². The zero-order valence-corrected chi connectivity index (χ0v) is 17.4. The molecular formula is C23H35N3O2. The van der Waals surface area contributed by atoms with E-state index in [0.717, 1.165) is 57.3 Å². The van der Waals surface area contributed by atoms with Crippen LogP contribution in [0.5, 0.6) is 5.75 Å². The third-order valence-corrected chi connectivity index (χ3v) is 6.09. The van der Waals surface area contributed by atoms with Crippen LogP contribution in [0.2, 0.25) is 0 Å². The van der Waals surface area contributed by atoms with E-state index in [9.17, 15) is 0 Å². The predicted octanol–water partition coefficient (Wildman–Crippen LogP) is 3.80. The van der Waals surface area contributed by atoms with Gasteiger partial charge in [0.05, 0.1) is 7.11 Å². The molecule has 0 amide bonds. The van der Waals surface area contributed by atoms with Crippen molar-refractivity contribution in [1.29, 1.82) is 0 Å². The summed E-state index contributed by atoms with van der Waals surface area (Å²) in [6.07, 6.45) is 10.7. The fraction of sp³-hybridized carbons (Fsp3) is 0.609. The van der Waals surface area contributed by atoms with E-state index in [1.807, 2.05) is 7.05 Å². The molecular weight excluding hydrogens is 350 g/mol. The first kappa shape index (κ1) is 20.7. The maximum Gasteiger partial charge on any atom is 0.191 e. The number of ether oxygens (including phenoxy) is 2. The molecule has 1 aliphatic carbocycles. The largest absolute Gasteiger partial charge is 0.497 e. The second-order valence-corrected chi connectivity index (χ2v) is 7.83. The summed E-state index contributed by atoms with van der Waals surface area (Å²) in [6, 6.07) is 8.49. The van der Waals surface area contributed by atoms with Gasteiger partial charge >= 0.3 is 0 Å². The molecule has 0 radical (unpaired) electrons.